The lowest BCUT2D eigenvalue weighted by Gasteiger charge is -2.08. The van der Waals surface area contributed by atoms with Gasteiger partial charge in [0.15, 0.2) is 0 Å². The van der Waals surface area contributed by atoms with Crippen LogP contribution >= 0.6 is 0 Å². The van der Waals surface area contributed by atoms with E-state index in [1.807, 2.05) is 0 Å². The number of nitro groups is 1. The van der Waals surface area contributed by atoms with Crippen molar-refractivity contribution >= 4 is 11.8 Å². The fourth-order valence-electron chi connectivity index (χ4n) is 1.42. The number of aromatic nitrogens is 2. The fraction of sp³-hybridized carbons (Fsp3) is 0.400. The average molecular weight is 254 g/mol. The molecule has 0 aliphatic carbocycles. The summed E-state index contributed by atoms with van der Waals surface area (Å²) in [7, 11) is 6.03. The van der Waals surface area contributed by atoms with Crippen LogP contribution in [0.2, 0.25) is 0 Å². The van der Waals surface area contributed by atoms with E-state index in [2.05, 4.69) is 0 Å². The van der Waals surface area contributed by atoms with Gasteiger partial charge >= 0.3 is 16.9 Å². The number of hydrogen-bond acceptors (Lipinski definition) is 5. The minimum Gasteiger partial charge on any atom is -0.383 e. The highest BCUT2D eigenvalue weighted by Crippen LogP contribution is 2.12. The predicted octanol–water partition coefficient (Wildman–Crippen LogP) is -0.476. The van der Waals surface area contributed by atoms with E-state index in [0.717, 1.165) is 4.57 Å². The van der Waals surface area contributed by atoms with Gasteiger partial charge in [-0.25, -0.2) is 4.79 Å². The molecular formula is C10H14N4O4. The van der Waals surface area contributed by atoms with Crippen molar-refractivity contribution in [3.8, 4) is 0 Å². The van der Waals surface area contributed by atoms with E-state index in [-0.39, 0.29) is 5.69 Å². The number of rotatable bonds is 3. The first-order valence-corrected chi connectivity index (χ1v) is 5.06. The van der Waals surface area contributed by atoms with Gasteiger partial charge in [0.05, 0.1) is 4.92 Å². The Balaban J connectivity index is 3.73. The van der Waals surface area contributed by atoms with Gasteiger partial charge in [0.25, 0.3) is 0 Å². The van der Waals surface area contributed by atoms with Crippen LogP contribution in [-0.4, -0.2) is 33.1 Å². The second-order valence-corrected chi connectivity index (χ2v) is 3.98. The number of hydrogen-bond donors (Lipinski definition) is 0. The number of nitrogens with zero attached hydrogens (tertiary/aromatic N) is 4. The van der Waals surface area contributed by atoms with Crippen LogP contribution in [0.3, 0.4) is 0 Å². The maximum atomic E-state index is 11.7. The van der Waals surface area contributed by atoms with Crippen LogP contribution in [0.1, 0.15) is 5.69 Å². The van der Waals surface area contributed by atoms with Crippen LogP contribution in [0.15, 0.2) is 15.8 Å². The summed E-state index contributed by atoms with van der Waals surface area (Å²) in [6, 6.07) is 0. The predicted molar refractivity (Wildman–Crippen MR) is 66.3 cm³/mol. The molecule has 1 heterocycles. The fourth-order valence-corrected chi connectivity index (χ4v) is 1.42. The standard InChI is InChI=1S/C10H14N4O4/c1-11(2)6-5-7-8(14(17)18)9(15)13(4)10(16)12(7)3/h5-6H,1-4H3/b6-5+. The molecule has 0 unspecified atom stereocenters. The first kappa shape index (κ1) is 13.7. The summed E-state index contributed by atoms with van der Waals surface area (Å²) in [5, 5.41) is 10.9. The third-order valence-corrected chi connectivity index (χ3v) is 2.40. The highest BCUT2D eigenvalue weighted by molar-refractivity contribution is 5.55. The van der Waals surface area contributed by atoms with Crippen molar-refractivity contribution in [1.29, 1.82) is 0 Å². The van der Waals surface area contributed by atoms with E-state index in [1.54, 1.807) is 19.0 Å². The first-order chi connectivity index (χ1) is 8.27. The molecule has 1 aromatic rings. The summed E-state index contributed by atoms with van der Waals surface area (Å²) >= 11 is 0. The van der Waals surface area contributed by atoms with Crippen molar-refractivity contribution in [3.63, 3.8) is 0 Å². The van der Waals surface area contributed by atoms with Crippen LogP contribution in [0.25, 0.3) is 6.08 Å². The molecule has 0 spiro atoms. The lowest BCUT2D eigenvalue weighted by molar-refractivity contribution is -0.387. The maximum Gasteiger partial charge on any atom is 0.357 e. The van der Waals surface area contributed by atoms with E-state index in [4.69, 9.17) is 0 Å². The third kappa shape index (κ3) is 2.31. The second-order valence-electron chi connectivity index (χ2n) is 3.98. The molecule has 18 heavy (non-hydrogen) atoms. The van der Waals surface area contributed by atoms with Crippen molar-refractivity contribution in [2.75, 3.05) is 14.1 Å². The lowest BCUT2D eigenvalue weighted by atomic mass is 10.3. The SMILES string of the molecule is CN(C)/C=C/c1c([N+](=O)[O-])c(=O)n(C)c(=O)n1C. The van der Waals surface area contributed by atoms with Crippen molar-refractivity contribution in [1.82, 2.24) is 14.0 Å². The minimum absolute atomic E-state index is 0.0261. The molecule has 0 saturated carbocycles. The molecule has 0 aromatic carbocycles. The summed E-state index contributed by atoms with van der Waals surface area (Å²) in [6.07, 6.45) is 2.89. The summed E-state index contributed by atoms with van der Waals surface area (Å²) < 4.78 is 1.78. The summed E-state index contributed by atoms with van der Waals surface area (Å²) in [6.45, 7) is 0. The van der Waals surface area contributed by atoms with Gasteiger partial charge in [-0.15, -0.1) is 0 Å². The topological polar surface area (TPSA) is 90.4 Å². The zero-order valence-corrected chi connectivity index (χ0v) is 10.6. The third-order valence-electron chi connectivity index (χ3n) is 2.40. The Morgan fingerprint density at radius 2 is 1.78 bits per heavy atom. The van der Waals surface area contributed by atoms with Gasteiger partial charge in [0.2, 0.25) is 0 Å². The lowest BCUT2D eigenvalue weighted by Crippen LogP contribution is -2.39. The van der Waals surface area contributed by atoms with Gasteiger partial charge in [0.1, 0.15) is 5.69 Å². The molecule has 0 saturated heterocycles. The molecule has 0 radical (unpaired) electrons. The van der Waals surface area contributed by atoms with Crippen LogP contribution in [0.4, 0.5) is 5.69 Å². The summed E-state index contributed by atoms with van der Waals surface area (Å²) in [4.78, 5) is 35.2. The summed E-state index contributed by atoms with van der Waals surface area (Å²) in [5.41, 5.74) is -2.16. The largest absolute Gasteiger partial charge is 0.383 e. The highest BCUT2D eigenvalue weighted by atomic mass is 16.6. The van der Waals surface area contributed by atoms with E-state index < -0.39 is 21.9 Å². The molecule has 0 atom stereocenters. The average Bonchev–Trinajstić information content (AvgIpc) is 2.28. The Labute approximate surface area is 103 Å². The Morgan fingerprint density at radius 3 is 2.22 bits per heavy atom. The minimum atomic E-state index is -0.915. The van der Waals surface area contributed by atoms with Crippen molar-refractivity contribution in [2.45, 2.75) is 0 Å². The Kier molecular flexibility index (Phi) is 3.70. The van der Waals surface area contributed by atoms with Crippen molar-refractivity contribution in [3.05, 3.63) is 42.8 Å². The van der Waals surface area contributed by atoms with Crippen molar-refractivity contribution in [2.24, 2.45) is 14.1 Å². The first-order valence-electron chi connectivity index (χ1n) is 5.06. The molecule has 0 amide bonds. The smallest absolute Gasteiger partial charge is 0.357 e. The molecule has 0 fully saturated rings. The molecule has 8 nitrogen and oxygen atoms in total. The van der Waals surface area contributed by atoms with E-state index in [1.165, 1.54) is 26.4 Å². The molecule has 1 aromatic heterocycles. The molecule has 98 valence electrons. The molecule has 1 rings (SSSR count). The van der Waals surface area contributed by atoms with E-state index in [0.29, 0.717) is 4.57 Å². The molecule has 8 heteroatoms. The highest BCUT2D eigenvalue weighted by Gasteiger charge is 2.23. The maximum absolute atomic E-state index is 11.7. The molecule has 0 N–H and O–H groups in total. The van der Waals surface area contributed by atoms with E-state index in [9.17, 15) is 19.7 Å². The Morgan fingerprint density at radius 1 is 1.22 bits per heavy atom. The van der Waals surface area contributed by atoms with Crippen LogP contribution in [0, 0.1) is 10.1 Å². The molecular weight excluding hydrogens is 240 g/mol. The Hall–Kier alpha value is -2.38. The molecule has 0 aliphatic rings. The Bertz CT molecular complexity index is 624. The zero-order chi connectivity index (χ0) is 14.0. The zero-order valence-electron chi connectivity index (χ0n) is 10.6. The van der Waals surface area contributed by atoms with Crippen LogP contribution in [-0.2, 0) is 14.1 Å². The summed E-state index contributed by atoms with van der Waals surface area (Å²) in [5.74, 6) is 0. The van der Waals surface area contributed by atoms with Crippen molar-refractivity contribution < 1.29 is 4.92 Å². The second kappa shape index (κ2) is 4.86. The van der Waals surface area contributed by atoms with Gasteiger partial charge < -0.3 is 4.90 Å². The quantitative estimate of drug-likeness (QED) is 0.537. The van der Waals surface area contributed by atoms with E-state index >= 15 is 0 Å². The van der Waals surface area contributed by atoms with Crippen LogP contribution in [0.5, 0.6) is 0 Å². The van der Waals surface area contributed by atoms with Crippen LogP contribution < -0.4 is 11.2 Å². The van der Waals surface area contributed by atoms with Gasteiger partial charge in [-0.1, -0.05) is 0 Å². The normalized spacial score (nSPS) is 10.9. The molecule has 0 aliphatic heterocycles. The monoisotopic (exact) mass is 254 g/mol. The molecule has 0 bridgehead atoms. The van der Waals surface area contributed by atoms with Gasteiger partial charge in [-0.3, -0.25) is 24.0 Å². The van der Waals surface area contributed by atoms with Gasteiger partial charge in [-0.2, -0.15) is 0 Å². The van der Waals surface area contributed by atoms with Gasteiger partial charge in [-0.05, 0) is 6.08 Å². The van der Waals surface area contributed by atoms with Gasteiger partial charge in [0, 0.05) is 34.4 Å².